The summed E-state index contributed by atoms with van der Waals surface area (Å²) in [5.41, 5.74) is 4.20. The van der Waals surface area contributed by atoms with Crippen molar-refractivity contribution in [3.05, 3.63) is 60.3 Å². The quantitative estimate of drug-likeness (QED) is 0.514. The molecule has 3 aromatic heterocycles. The molecular weight excluding hydrogens is 358 g/mol. The van der Waals surface area contributed by atoms with E-state index in [0.29, 0.717) is 18.4 Å². The fraction of sp³-hybridized carbons (Fsp3) is 0.263. The summed E-state index contributed by atoms with van der Waals surface area (Å²) in [6, 6.07) is 8.23. The fourth-order valence-corrected chi connectivity index (χ4v) is 3.33. The monoisotopic (exact) mass is 379 g/mol. The summed E-state index contributed by atoms with van der Waals surface area (Å²) in [4.78, 5) is 13.4. The van der Waals surface area contributed by atoms with Gasteiger partial charge in [0.15, 0.2) is 10.8 Å². The maximum atomic E-state index is 4.65. The molecule has 0 aliphatic heterocycles. The highest BCUT2D eigenvalue weighted by molar-refractivity contribution is 7.98. The molecule has 0 fully saturated rings. The lowest BCUT2D eigenvalue weighted by Gasteiger charge is -2.13. The standard InChI is InChI=1S/C19H21N7S/c1-13(2)15-11-22-26-17(15)23-19(27-3)24-18(26)21-10-14-6-4-5-7-16(14)25-9-8-20-12-25/h4-9,11-13H,10H2,1-3H3,(H,21,23,24). The molecule has 0 bridgehead atoms. The van der Waals surface area contributed by atoms with Crippen molar-refractivity contribution in [3.63, 3.8) is 0 Å². The highest BCUT2D eigenvalue weighted by Gasteiger charge is 2.15. The van der Waals surface area contributed by atoms with E-state index in [1.165, 1.54) is 11.8 Å². The smallest absolute Gasteiger partial charge is 0.228 e. The molecule has 27 heavy (non-hydrogen) atoms. The first-order valence-electron chi connectivity index (χ1n) is 8.77. The van der Waals surface area contributed by atoms with E-state index in [0.717, 1.165) is 27.6 Å². The number of hydrogen-bond donors (Lipinski definition) is 1. The molecule has 7 nitrogen and oxygen atoms in total. The van der Waals surface area contributed by atoms with E-state index in [2.05, 4.69) is 51.3 Å². The molecule has 8 heteroatoms. The summed E-state index contributed by atoms with van der Waals surface area (Å²) in [6.45, 7) is 4.91. The van der Waals surface area contributed by atoms with Gasteiger partial charge in [-0.05, 0) is 23.8 Å². The molecule has 1 aromatic carbocycles. The van der Waals surface area contributed by atoms with Crippen molar-refractivity contribution in [2.45, 2.75) is 31.5 Å². The Balaban J connectivity index is 1.69. The Morgan fingerprint density at radius 3 is 2.78 bits per heavy atom. The largest absolute Gasteiger partial charge is 0.350 e. The maximum Gasteiger partial charge on any atom is 0.228 e. The van der Waals surface area contributed by atoms with Crippen LogP contribution in [0.15, 0.2) is 54.3 Å². The molecule has 0 atom stereocenters. The van der Waals surface area contributed by atoms with Crippen LogP contribution >= 0.6 is 11.8 Å². The third-order valence-electron chi connectivity index (χ3n) is 4.39. The second kappa shape index (κ2) is 7.40. The van der Waals surface area contributed by atoms with Gasteiger partial charge in [0, 0.05) is 24.5 Å². The first kappa shape index (κ1) is 17.5. The van der Waals surface area contributed by atoms with Crippen molar-refractivity contribution < 1.29 is 0 Å². The molecule has 4 aromatic rings. The number of nitrogens with zero attached hydrogens (tertiary/aromatic N) is 6. The van der Waals surface area contributed by atoms with Crippen LogP contribution in [0.25, 0.3) is 11.3 Å². The minimum Gasteiger partial charge on any atom is -0.350 e. The van der Waals surface area contributed by atoms with Gasteiger partial charge in [0.25, 0.3) is 0 Å². The molecule has 0 amide bonds. The van der Waals surface area contributed by atoms with Gasteiger partial charge in [-0.1, -0.05) is 43.8 Å². The van der Waals surface area contributed by atoms with Gasteiger partial charge in [0.05, 0.1) is 18.2 Å². The number of rotatable bonds is 6. The van der Waals surface area contributed by atoms with Crippen molar-refractivity contribution in [2.75, 3.05) is 11.6 Å². The van der Waals surface area contributed by atoms with Gasteiger partial charge in [0.1, 0.15) is 0 Å². The summed E-state index contributed by atoms with van der Waals surface area (Å²) in [5, 5.41) is 8.67. The number of anilines is 1. The third-order valence-corrected chi connectivity index (χ3v) is 4.94. The van der Waals surface area contributed by atoms with Crippen LogP contribution in [0.2, 0.25) is 0 Å². The SMILES string of the molecule is CSc1nc(NCc2ccccc2-n2ccnc2)n2ncc(C(C)C)c2n1. The molecule has 3 heterocycles. The zero-order chi connectivity index (χ0) is 18.8. The number of para-hydroxylation sites is 1. The molecule has 0 spiro atoms. The number of fused-ring (bicyclic) bond motifs is 1. The second-order valence-corrected chi connectivity index (χ2v) is 7.25. The van der Waals surface area contributed by atoms with Crippen LogP contribution in [0.4, 0.5) is 5.95 Å². The predicted molar refractivity (Wildman–Crippen MR) is 108 cm³/mol. The summed E-state index contributed by atoms with van der Waals surface area (Å²) in [5.74, 6) is 1.04. The van der Waals surface area contributed by atoms with Gasteiger partial charge >= 0.3 is 0 Å². The van der Waals surface area contributed by atoms with Crippen LogP contribution in [0.5, 0.6) is 0 Å². The van der Waals surface area contributed by atoms with Crippen molar-refractivity contribution in [1.29, 1.82) is 0 Å². The average molecular weight is 379 g/mol. The zero-order valence-corrected chi connectivity index (χ0v) is 16.3. The maximum absolute atomic E-state index is 4.65. The Morgan fingerprint density at radius 1 is 1.19 bits per heavy atom. The molecule has 0 radical (unpaired) electrons. The fourth-order valence-electron chi connectivity index (χ4n) is 2.98. The number of imidazole rings is 1. The van der Waals surface area contributed by atoms with E-state index in [-0.39, 0.29) is 0 Å². The van der Waals surface area contributed by atoms with E-state index in [9.17, 15) is 0 Å². The van der Waals surface area contributed by atoms with Crippen LogP contribution in [0, 0.1) is 0 Å². The van der Waals surface area contributed by atoms with Crippen LogP contribution in [0.1, 0.15) is 30.9 Å². The summed E-state index contributed by atoms with van der Waals surface area (Å²) in [6.07, 6.45) is 9.38. The minimum atomic E-state index is 0.349. The van der Waals surface area contributed by atoms with E-state index < -0.39 is 0 Å². The Morgan fingerprint density at radius 2 is 2.04 bits per heavy atom. The van der Waals surface area contributed by atoms with E-state index in [1.807, 2.05) is 35.3 Å². The first-order chi connectivity index (χ1) is 13.2. The van der Waals surface area contributed by atoms with Crippen LogP contribution < -0.4 is 5.32 Å². The van der Waals surface area contributed by atoms with Gasteiger partial charge in [-0.3, -0.25) is 0 Å². The number of benzene rings is 1. The average Bonchev–Trinajstić information content (AvgIpc) is 3.36. The highest BCUT2D eigenvalue weighted by atomic mass is 32.2. The van der Waals surface area contributed by atoms with E-state index in [4.69, 9.17) is 0 Å². The Hall–Kier alpha value is -2.87. The Labute approximate surface area is 161 Å². The number of aromatic nitrogens is 6. The van der Waals surface area contributed by atoms with Crippen molar-refractivity contribution in [2.24, 2.45) is 0 Å². The summed E-state index contributed by atoms with van der Waals surface area (Å²) in [7, 11) is 0. The highest BCUT2D eigenvalue weighted by Crippen LogP contribution is 2.23. The van der Waals surface area contributed by atoms with Crippen molar-refractivity contribution >= 4 is 23.4 Å². The summed E-state index contributed by atoms with van der Waals surface area (Å²) < 4.78 is 3.79. The van der Waals surface area contributed by atoms with Crippen molar-refractivity contribution in [1.82, 2.24) is 29.1 Å². The topological polar surface area (TPSA) is 72.9 Å². The molecule has 138 valence electrons. The molecule has 0 saturated carbocycles. The summed E-state index contributed by atoms with van der Waals surface area (Å²) >= 11 is 1.53. The molecule has 0 aliphatic carbocycles. The molecule has 1 N–H and O–H groups in total. The van der Waals surface area contributed by atoms with E-state index >= 15 is 0 Å². The number of hydrogen-bond acceptors (Lipinski definition) is 6. The first-order valence-corrected chi connectivity index (χ1v) is 9.99. The minimum absolute atomic E-state index is 0.349. The molecule has 0 saturated heterocycles. The van der Waals surface area contributed by atoms with Gasteiger partial charge < -0.3 is 9.88 Å². The van der Waals surface area contributed by atoms with Gasteiger partial charge in [-0.2, -0.15) is 14.6 Å². The van der Waals surface area contributed by atoms with E-state index in [1.54, 1.807) is 17.0 Å². The normalized spacial score (nSPS) is 11.4. The van der Waals surface area contributed by atoms with Gasteiger partial charge in [0.2, 0.25) is 5.95 Å². The third kappa shape index (κ3) is 3.40. The molecule has 4 rings (SSSR count). The molecular formula is C19H21N7S. The van der Waals surface area contributed by atoms with Gasteiger partial charge in [-0.25, -0.2) is 9.97 Å². The lowest BCUT2D eigenvalue weighted by Crippen LogP contribution is -2.11. The molecule has 0 aliphatic rings. The van der Waals surface area contributed by atoms with Crippen LogP contribution in [-0.4, -0.2) is 35.4 Å². The Bertz CT molecular complexity index is 1050. The van der Waals surface area contributed by atoms with Crippen LogP contribution in [-0.2, 0) is 6.54 Å². The number of nitrogens with one attached hydrogen (secondary N) is 1. The second-order valence-electron chi connectivity index (χ2n) is 6.48. The predicted octanol–water partition coefficient (Wildman–Crippen LogP) is 3.77. The molecule has 0 unspecified atom stereocenters. The lowest BCUT2D eigenvalue weighted by atomic mass is 10.1. The van der Waals surface area contributed by atoms with Crippen molar-refractivity contribution in [3.8, 4) is 5.69 Å². The van der Waals surface area contributed by atoms with Crippen LogP contribution in [0.3, 0.4) is 0 Å². The van der Waals surface area contributed by atoms with Gasteiger partial charge in [-0.15, -0.1) is 0 Å². The Kier molecular flexibility index (Phi) is 4.81. The lowest BCUT2D eigenvalue weighted by molar-refractivity contribution is 0.822. The number of thioether (sulfide) groups is 1. The zero-order valence-electron chi connectivity index (χ0n) is 15.5.